The van der Waals surface area contributed by atoms with Gasteiger partial charge >= 0.3 is 59.7 Å². The van der Waals surface area contributed by atoms with Crippen LogP contribution in [0.2, 0.25) is 0 Å². The Bertz CT molecular complexity index is 1390. The van der Waals surface area contributed by atoms with E-state index < -0.39 is 106 Å². The van der Waals surface area contributed by atoms with Crippen molar-refractivity contribution >= 4 is 59.7 Å². The maximum atomic E-state index is 12.7. The summed E-state index contributed by atoms with van der Waals surface area (Å²) in [6.07, 6.45) is 7.46. The number of rotatable bonds is 28. The Balaban J connectivity index is -0.000000517. The van der Waals surface area contributed by atoms with Crippen molar-refractivity contribution in [3.8, 4) is 0 Å². The second kappa shape index (κ2) is 34.1. The van der Waals surface area contributed by atoms with Crippen LogP contribution in [0.25, 0.3) is 0 Å². The van der Waals surface area contributed by atoms with Gasteiger partial charge in [-0.25, -0.2) is 0 Å². The summed E-state index contributed by atoms with van der Waals surface area (Å²) in [6, 6.07) is 0. The molecular weight excluding hydrogens is 897 g/mol. The second-order valence-electron chi connectivity index (χ2n) is 20.0. The molecule has 396 valence electrons. The lowest BCUT2D eigenvalue weighted by molar-refractivity contribution is -0.176. The van der Waals surface area contributed by atoms with E-state index in [9.17, 15) is 47.9 Å². The lowest BCUT2D eigenvalue weighted by Crippen LogP contribution is -2.37. The molecule has 68 heavy (non-hydrogen) atoms. The van der Waals surface area contributed by atoms with Crippen molar-refractivity contribution in [2.75, 3.05) is 0 Å². The Morgan fingerprint density at radius 3 is 0.662 bits per heavy atom. The van der Waals surface area contributed by atoms with Crippen molar-refractivity contribution in [3.05, 3.63) is 0 Å². The van der Waals surface area contributed by atoms with Crippen LogP contribution in [-0.4, -0.2) is 113 Å². The molecule has 0 aromatic rings. The summed E-state index contributed by atoms with van der Waals surface area (Å²) in [5.41, 5.74) is -2.92. The van der Waals surface area contributed by atoms with Crippen molar-refractivity contribution in [2.24, 2.45) is 23.7 Å². The molecular formula is C48H84O20. The number of aliphatic carboxylic acids is 6. The highest BCUT2D eigenvalue weighted by Gasteiger charge is 2.36. The van der Waals surface area contributed by atoms with Gasteiger partial charge in [-0.2, -0.15) is 0 Å². The van der Waals surface area contributed by atoms with E-state index in [0.29, 0.717) is 38.5 Å². The Morgan fingerprint density at radius 1 is 0.309 bits per heavy atom. The Labute approximate surface area is 402 Å². The van der Waals surface area contributed by atoms with Gasteiger partial charge in [0.2, 0.25) is 0 Å². The van der Waals surface area contributed by atoms with Gasteiger partial charge in [-0.3, -0.25) is 47.9 Å². The predicted molar refractivity (Wildman–Crippen MR) is 248 cm³/mol. The van der Waals surface area contributed by atoms with Crippen molar-refractivity contribution in [2.45, 2.75) is 222 Å². The molecule has 20 heteroatoms. The smallest absolute Gasteiger partial charge is 0.320 e. The van der Waals surface area contributed by atoms with E-state index in [1.807, 2.05) is 0 Å². The predicted octanol–water partition coefficient (Wildman–Crippen LogP) is 8.57. The molecule has 0 aromatic heterocycles. The fraction of sp³-hybridized carbons (Fsp3) is 0.792. The van der Waals surface area contributed by atoms with E-state index >= 15 is 0 Å². The summed E-state index contributed by atoms with van der Waals surface area (Å²) in [5.74, 6) is -14.7. The lowest BCUT2D eigenvalue weighted by Gasteiger charge is -2.26. The van der Waals surface area contributed by atoms with E-state index in [-0.39, 0.29) is 58.8 Å². The summed E-state index contributed by atoms with van der Waals surface area (Å²) < 4.78 is 21.7. The van der Waals surface area contributed by atoms with Crippen LogP contribution < -0.4 is 0 Å². The van der Waals surface area contributed by atoms with Crippen LogP contribution in [0.3, 0.4) is 0 Å². The number of carbonyl (C=O) groups excluding carboxylic acids is 4. The zero-order valence-electron chi connectivity index (χ0n) is 41.7. The van der Waals surface area contributed by atoms with Crippen LogP contribution in [0.1, 0.15) is 200 Å². The number of ether oxygens (including phenoxy) is 4. The van der Waals surface area contributed by atoms with Crippen molar-refractivity contribution in [1.82, 2.24) is 0 Å². The Hall–Kier alpha value is -5.30. The molecule has 20 nitrogen and oxygen atoms in total. The highest BCUT2D eigenvalue weighted by molar-refractivity contribution is 5.96. The van der Waals surface area contributed by atoms with Gasteiger partial charge in [0.1, 0.15) is 22.4 Å². The zero-order chi connectivity index (χ0) is 52.9. The minimum absolute atomic E-state index is 0. The summed E-state index contributed by atoms with van der Waals surface area (Å²) in [4.78, 5) is 113. The fourth-order valence-corrected chi connectivity index (χ4v) is 5.69. The summed E-state index contributed by atoms with van der Waals surface area (Å²) in [6.45, 7) is 20.9. The highest BCUT2D eigenvalue weighted by atomic mass is 16.6. The molecule has 0 unspecified atom stereocenters. The Morgan fingerprint density at radius 2 is 0.485 bits per heavy atom. The number of esters is 4. The molecule has 0 saturated heterocycles. The van der Waals surface area contributed by atoms with Crippen molar-refractivity contribution < 1.29 is 97.5 Å². The monoisotopic (exact) mass is 981 g/mol. The zero-order valence-corrected chi connectivity index (χ0v) is 41.7. The van der Waals surface area contributed by atoms with Gasteiger partial charge in [-0.1, -0.05) is 65.2 Å². The first kappa shape index (κ1) is 69.3. The lowest BCUT2D eigenvalue weighted by atomic mass is 9.96. The van der Waals surface area contributed by atoms with Gasteiger partial charge in [-0.05, 0) is 122 Å². The first-order chi connectivity index (χ1) is 30.4. The number of unbranched alkanes of at least 4 members (excludes halogenated alkanes) is 8. The topological polar surface area (TPSA) is 329 Å². The summed E-state index contributed by atoms with van der Waals surface area (Å²) in [7, 11) is 0. The van der Waals surface area contributed by atoms with Gasteiger partial charge in [0.25, 0.3) is 0 Å². The third kappa shape index (κ3) is 40.9. The number of hydrogen-bond acceptors (Lipinski definition) is 14. The number of carboxylic acids is 6. The Kier molecular flexibility index (Phi) is 34.7. The average Bonchev–Trinajstić information content (AvgIpc) is 3.10. The molecule has 0 rings (SSSR count). The largest absolute Gasteiger partial charge is 0.481 e. The van der Waals surface area contributed by atoms with Crippen molar-refractivity contribution in [3.63, 3.8) is 0 Å². The van der Waals surface area contributed by atoms with E-state index in [0.717, 1.165) is 19.3 Å². The highest BCUT2D eigenvalue weighted by Crippen LogP contribution is 2.24. The summed E-state index contributed by atoms with van der Waals surface area (Å²) in [5, 5.41) is 51.0. The first-order valence-electron chi connectivity index (χ1n) is 22.7. The molecule has 0 fully saturated rings. The van der Waals surface area contributed by atoms with Gasteiger partial charge in [0, 0.05) is 12.8 Å². The number of carbonyl (C=O) groups is 10. The number of carboxylic acid groups (broad SMARTS) is 6. The summed E-state index contributed by atoms with van der Waals surface area (Å²) >= 11 is 0. The van der Waals surface area contributed by atoms with Gasteiger partial charge < -0.3 is 49.6 Å². The molecule has 6 N–H and O–H groups in total. The minimum Gasteiger partial charge on any atom is -0.481 e. The average molecular weight is 981 g/mol. The normalized spacial score (nSPS) is 11.5. The third-order valence-electron chi connectivity index (χ3n) is 8.71. The second-order valence-corrected chi connectivity index (χ2v) is 20.0. The van der Waals surface area contributed by atoms with Gasteiger partial charge in [0.15, 0.2) is 23.7 Å². The molecule has 0 saturated carbocycles. The van der Waals surface area contributed by atoms with E-state index in [1.54, 1.807) is 83.1 Å². The molecule has 0 aliphatic carbocycles. The molecule has 0 bridgehead atoms. The first-order valence-corrected chi connectivity index (χ1v) is 22.7. The quantitative estimate of drug-likeness (QED) is 0.0185. The minimum atomic E-state index is -1.48. The van der Waals surface area contributed by atoms with Crippen LogP contribution >= 0.6 is 0 Å². The fourth-order valence-electron chi connectivity index (χ4n) is 5.69. The van der Waals surface area contributed by atoms with Gasteiger partial charge in [0.05, 0.1) is 0 Å². The molecule has 0 aromatic carbocycles. The molecule has 0 aliphatic heterocycles. The van der Waals surface area contributed by atoms with Gasteiger partial charge in [-0.15, -0.1) is 0 Å². The standard InChI is InChI=1S/C27H48O8.C11H16O8.C9H16O4.CH4/c1-24(2,3)32-20(28)18(21(29)33-25(4,5)6)16-14-13-15-17-19(22(30)34-26(7,8)9)23(31)35-27(10,11)12;12-8(13)6(9(14)15)4-2-1-3-5-7(10(16)17)11(18)19;10-8(11)6-4-2-1-3-5-7-9(12)13;/h18-19H,13-17H2,1-12H3;6-7H,1-5H2,(H,12,13)(H,14,15)(H,16,17)(H,18,19);1-7H2,(H,10,11)(H,12,13);1H4. The molecule has 0 atom stereocenters. The molecule has 0 aliphatic rings. The molecule has 0 radical (unpaired) electrons. The third-order valence-corrected chi connectivity index (χ3v) is 8.71. The molecule has 0 spiro atoms. The molecule has 0 amide bonds. The van der Waals surface area contributed by atoms with Crippen molar-refractivity contribution in [1.29, 1.82) is 0 Å². The van der Waals surface area contributed by atoms with Crippen LogP contribution in [0.15, 0.2) is 0 Å². The maximum absolute atomic E-state index is 12.7. The van der Waals surface area contributed by atoms with Crippen LogP contribution in [0, 0.1) is 23.7 Å². The van der Waals surface area contributed by atoms with Crippen LogP contribution in [0.4, 0.5) is 0 Å². The molecule has 0 heterocycles. The SMILES string of the molecule is C.CC(C)(C)OC(=O)C(CCCCCC(C(=O)OC(C)(C)C)C(=O)OC(C)(C)C)C(=O)OC(C)(C)C.O=C(O)C(CCCCCC(C(=O)O)C(=O)O)C(=O)O.O=C(O)CCCCCCCC(=O)O. The van der Waals surface area contributed by atoms with Crippen LogP contribution in [-0.2, 0) is 66.9 Å². The number of hydrogen-bond donors (Lipinski definition) is 6. The maximum Gasteiger partial charge on any atom is 0.320 e. The van der Waals surface area contributed by atoms with E-state index in [4.69, 9.17) is 49.6 Å². The van der Waals surface area contributed by atoms with Crippen LogP contribution in [0.5, 0.6) is 0 Å². The van der Waals surface area contributed by atoms with E-state index in [2.05, 4.69) is 0 Å². The van der Waals surface area contributed by atoms with E-state index in [1.165, 1.54) is 0 Å².